The lowest BCUT2D eigenvalue weighted by molar-refractivity contribution is -0.237. The lowest BCUT2D eigenvalue weighted by Gasteiger charge is -2.29. The summed E-state index contributed by atoms with van der Waals surface area (Å²) in [6.07, 6.45) is 0.0880. The minimum atomic E-state index is -3.82. The molecule has 0 radical (unpaired) electrons. The number of aliphatic hydroxyl groups excluding tert-OH is 1. The third kappa shape index (κ3) is 4.77. The van der Waals surface area contributed by atoms with E-state index in [2.05, 4.69) is 0 Å². The fourth-order valence-corrected chi connectivity index (χ4v) is 3.66. The number of aliphatic hydroxyl groups is 1. The van der Waals surface area contributed by atoms with Gasteiger partial charge in [-0.1, -0.05) is 17.7 Å². The zero-order valence-electron chi connectivity index (χ0n) is 14.6. The predicted molar refractivity (Wildman–Crippen MR) is 89.0 cm³/mol. The van der Waals surface area contributed by atoms with Crippen LogP contribution < -0.4 is 0 Å². The standard InChI is InChI=1S/C17H26O6S/c1-12-5-8-14(9-6-12)24(19,20)22-11-13-7-10-15(16(13)18)23-17(2,3)21-4/h5-6,8-9,13,15-16,18H,7,10-11H2,1-4H3/t13-,15-,16?/m1/s1. The first-order valence-electron chi connectivity index (χ1n) is 8.02. The molecular weight excluding hydrogens is 332 g/mol. The van der Waals surface area contributed by atoms with Crippen LogP contribution in [0.2, 0.25) is 0 Å². The normalized spacial score (nSPS) is 25.1. The van der Waals surface area contributed by atoms with E-state index in [1.54, 1.807) is 26.0 Å². The molecule has 1 aromatic carbocycles. The van der Waals surface area contributed by atoms with E-state index < -0.39 is 28.1 Å². The molecule has 0 heterocycles. The summed E-state index contributed by atoms with van der Waals surface area (Å²) in [5.74, 6) is -1.09. The molecule has 6 nitrogen and oxygen atoms in total. The second-order valence-electron chi connectivity index (χ2n) is 6.64. The molecule has 1 N–H and O–H groups in total. The van der Waals surface area contributed by atoms with Crippen LogP contribution in [0.3, 0.4) is 0 Å². The van der Waals surface area contributed by atoms with Gasteiger partial charge < -0.3 is 14.6 Å². The van der Waals surface area contributed by atoms with Crippen molar-refractivity contribution in [3.63, 3.8) is 0 Å². The van der Waals surface area contributed by atoms with Gasteiger partial charge in [-0.25, -0.2) is 0 Å². The molecule has 1 fully saturated rings. The topological polar surface area (TPSA) is 82.1 Å². The molecular formula is C17H26O6S. The zero-order valence-corrected chi connectivity index (χ0v) is 15.4. The van der Waals surface area contributed by atoms with Gasteiger partial charge in [0.2, 0.25) is 0 Å². The molecule has 1 aliphatic rings. The Morgan fingerprint density at radius 3 is 2.42 bits per heavy atom. The summed E-state index contributed by atoms with van der Waals surface area (Å²) >= 11 is 0. The first-order chi connectivity index (χ1) is 11.1. The lowest BCUT2D eigenvalue weighted by atomic mass is 10.1. The molecule has 1 aliphatic carbocycles. The summed E-state index contributed by atoms with van der Waals surface area (Å²) in [7, 11) is -2.28. The fraction of sp³-hybridized carbons (Fsp3) is 0.647. The summed E-state index contributed by atoms with van der Waals surface area (Å²) in [6, 6.07) is 6.47. The Bertz CT molecular complexity index is 638. The third-order valence-electron chi connectivity index (χ3n) is 4.36. The van der Waals surface area contributed by atoms with Gasteiger partial charge in [0.15, 0.2) is 5.79 Å². The van der Waals surface area contributed by atoms with Crippen LogP contribution in [-0.4, -0.2) is 45.2 Å². The zero-order chi connectivity index (χ0) is 18.0. The molecule has 0 amide bonds. The molecule has 1 saturated carbocycles. The van der Waals surface area contributed by atoms with Crippen molar-refractivity contribution >= 4 is 10.1 Å². The summed E-state index contributed by atoms with van der Waals surface area (Å²) in [5.41, 5.74) is 0.973. The summed E-state index contributed by atoms with van der Waals surface area (Å²) < 4.78 is 40.5. The molecule has 0 aromatic heterocycles. The second kappa shape index (κ2) is 7.49. The Hall–Kier alpha value is -0.990. The van der Waals surface area contributed by atoms with Crippen LogP contribution in [0.4, 0.5) is 0 Å². The monoisotopic (exact) mass is 358 g/mol. The Morgan fingerprint density at radius 2 is 1.83 bits per heavy atom. The average Bonchev–Trinajstić information content (AvgIpc) is 2.86. The van der Waals surface area contributed by atoms with Crippen LogP contribution in [0.1, 0.15) is 32.3 Å². The molecule has 0 aliphatic heterocycles. The molecule has 0 spiro atoms. The predicted octanol–water partition coefficient (Wildman–Crippen LogP) is 2.24. The maximum atomic E-state index is 12.2. The van der Waals surface area contributed by atoms with E-state index in [9.17, 15) is 13.5 Å². The van der Waals surface area contributed by atoms with E-state index in [-0.39, 0.29) is 17.4 Å². The molecule has 0 bridgehead atoms. The minimum absolute atomic E-state index is 0.0648. The average molecular weight is 358 g/mol. The number of aryl methyl sites for hydroxylation is 1. The largest absolute Gasteiger partial charge is 0.390 e. The van der Waals surface area contributed by atoms with Crippen LogP contribution in [-0.2, 0) is 23.8 Å². The van der Waals surface area contributed by atoms with Gasteiger partial charge in [-0.15, -0.1) is 0 Å². The van der Waals surface area contributed by atoms with Crippen LogP contribution in [0, 0.1) is 12.8 Å². The molecule has 3 atom stereocenters. The number of benzene rings is 1. The Labute approximate surface area is 143 Å². The second-order valence-corrected chi connectivity index (χ2v) is 8.26. The van der Waals surface area contributed by atoms with Crippen molar-refractivity contribution in [1.29, 1.82) is 0 Å². The first kappa shape index (κ1) is 19.3. The highest BCUT2D eigenvalue weighted by atomic mass is 32.2. The Morgan fingerprint density at radius 1 is 1.21 bits per heavy atom. The third-order valence-corrected chi connectivity index (χ3v) is 5.66. The van der Waals surface area contributed by atoms with Crippen molar-refractivity contribution in [2.75, 3.05) is 13.7 Å². The van der Waals surface area contributed by atoms with Crippen molar-refractivity contribution < 1.29 is 27.2 Å². The molecule has 24 heavy (non-hydrogen) atoms. The smallest absolute Gasteiger partial charge is 0.296 e. The maximum Gasteiger partial charge on any atom is 0.296 e. The van der Waals surface area contributed by atoms with Gasteiger partial charge in [-0.2, -0.15) is 8.42 Å². The highest BCUT2D eigenvalue weighted by Gasteiger charge is 2.39. The van der Waals surface area contributed by atoms with E-state index >= 15 is 0 Å². The molecule has 1 aromatic rings. The van der Waals surface area contributed by atoms with Crippen molar-refractivity contribution in [2.24, 2.45) is 5.92 Å². The van der Waals surface area contributed by atoms with Gasteiger partial charge in [0.05, 0.1) is 23.7 Å². The number of hydrogen-bond acceptors (Lipinski definition) is 6. The van der Waals surface area contributed by atoms with Gasteiger partial charge in [-0.3, -0.25) is 4.18 Å². The molecule has 2 rings (SSSR count). The lowest BCUT2D eigenvalue weighted by Crippen LogP contribution is -2.38. The fourth-order valence-electron chi connectivity index (χ4n) is 2.70. The summed E-state index contributed by atoms with van der Waals surface area (Å²) in [5, 5.41) is 10.4. The minimum Gasteiger partial charge on any atom is -0.390 e. The van der Waals surface area contributed by atoms with Crippen LogP contribution in [0.25, 0.3) is 0 Å². The summed E-state index contributed by atoms with van der Waals surface area (Å²) in [6.45, 7) is 5.36. The SMILES string of the molecule is COC(C)(C)O[C@@H]1CC[C@H](COS(=O)(=O)c2ccc(C)cc2)C1O. The van der Waals surface area contributed by atoms with Crippen LogP contribution >= 0.6 is 0 Å². The Kier molecular flexibility index (Phi) is 6.04. The van der Waals surface area contributed by atoms with Gasteiger partial charge in [-0.05, 0) is 45.7 Å². The van der Waals surface area contributed by atoms with Crippen molar-refractivity contribution in [3.05, 3.63) is 29.8 Å². The van der Waals surface area contributed by atoms with E-state index in [1.165, 1.54) is 19.2 Å². The number of ether oxygens (including phenoxy) is 2. The van der Waals surface area contributed by atoms with Gasteiger partial charge in [0.25, 0.3) is 10.1 Å². The summed E-state index contributed by atoms with van der Waals surface area (Å²) in [4.78, 5) is 0.119. The molecule has 0 saturated heterocycles. The van der Waals surface area contributed by atoms with E-state index in [0.717, 1.165) is 5.56 Å². The number of methoxy groups -OCH3 is 1. The first-order valence-corrected chi connectivity index (χ1v) is 9.42. The maximum absolute atomic E-state index is 12.2. The molecule has 136 valence electrons. The molecule has 7 heteroatoms. The molecule has 1 unspecified atom stereocenters. The van der Waals surface area contributed by atoms with Crippen LogP contribution in [0.15, 0.2) is 29.2 Å². The van der Waals surface area contributed by atoms with Crippen molar-refractivity contribution in [3.8, 4) is 0 Å². The highest BCUT2D eigenvalue weighted by molar-refractivity contribution is 7.86. The highest BCUT2D eigenvalue weighted by Crippen LogP contribution is 2.32. The number of rotatable bonds is 7. The van der Waals surface area contributed by atoms with Crippen molar-refractivity contribution in [1.82, 2.24) is 0 Å². The van der Waals surface area contributed by atoms with E-state index in [4.69, 9.17) is 13.7 Å². The Balaban J connectivity index is 1.94. The number of hydrogen-bond donors (Lipinski definition) is 1. The quantitative estimate of drug-likeness (QED) is 0.595. The van der Waals surface area contributed by atoms with Crippen LogP contribution in [0.5, 0.6) is 0 Å². The van der Waals surface area contributed by atoms with E-state index in [1.807, 2.05) is 6.92 Å². The van der Waals surface area contributed by atoms with Gasteiger partial charge >= 0.3 is 0 Å². The van der Waals surface area contributed by atoms with E-state index in [0.29, 0.717) is 12.8 Å². The van der Waals surface area contributed by atoms with Crippen molar-refractivity contribution in [2.45, 2.75) is 56.5 Å². The van der Waals surface area contributed by atoms with Gasteiger partial charge in [0.1, 0.15) is 0 Å². The van der Waals surface area contributed by atoms with Gasteiger partial charge in [0, 0.05) is 13.0 Å².